The number of rotatable bonds is 10. The molecule has 4 rings (SSSR count). The molecule has 0 bridgehead atoms. The summed E-state index contributed by atoms with van der Waals surface area (Å²) in [5.41, 5.74) is 5.02. The molecule has 4 aromatic carbocycles. The van der Waals surface area contributed by atoms with Crippen LogP contribution in [0.25, 0.3) is 10.8 Å². The number of benzene rings is 4. The van der Waals surface area contributed by atoms with Gasteiger partial charge in [0, 0.05) is 26.7 Å². The first-order chi connectivity index (χ1) is 17.9. The van der Waals surface area contributed by atoms with Gasteiger partial charge in [-0.1, -0.05) is 65.7 Å². The number of hydrazone groups is 1. The molecule has 0 heterocycles. The van der Waals surface area contributed by atoms with E-state index in [0.717, 1.165) is 31.2 Å². The first-order valence-electron chi connectivity index (χ1n) is 11.5. The van der Waals surface area contributed by atoms with Gasteiger partial charge in [-0.05, 0) is 70.8 Å². The van der Waals surface area contributed by atoms with E-state index in [1.807, 2.05) is 67.6 Å². The van der Waals surface area contributed by atoms with Crippen molar-refractivity contribution in [3.63, 3.8) is 0 Å². The van der Waals surface area contributed by atoms with E-state index in [9.17, 15) is 4.79 Å². The average Bonchev–Trinajstić information content (AvgIpc) is 2.88. The number of anilines is 1. The highest BCUT2D eigenvalue weighted by Crippen LogP contribution is 2.35. The van der Waals surface area contributed by atoms with Gasteiger partial charge in [0.2, 0.25) is 0 Å². The molecule has 0 aliphatic heterocycles. The molecular formula is C28H24Cl2IN3O3. The van der Waals surface area contributed by atoms with Crippen molar-refractivity contribution in [2.75, 3.05) is 18.5 Å². The minimum atomic E-state index is -0.260. The number of nitrogens with one attached hydrogen (secondary N) is 2. The molecule has 0 atom stereocenters. The predicted molar refractivity (Wildman–Crippen MR) is 159 cm³/mol. The van der Waals surface area contributed by atoms with Gasteiger partial charge in [0.15, 0.2) is 11.5 Å². The Bertz CT molecular complexity index is 1440. The zero-order valence-corrected chi connectivity index (χ0v) is 23.6. The quantitative estimate of drug-likeness (QED) is 0.108. The van der Waals surface area contributed by atoms with Crippen LogP contribution in [0.4, 0.5) is 5.69 Å². The van der Waals surface area contributed by atoms with Gasteiger partial charge >= 0.3 is 0 Å². The Morgan fingerprint density at radius 3 is 2.65 bits per heavy atom. The molecule has 1 amide bonds. The van der Waals surface area contributed by atoms with Crippen LogP contribution in [0, 0.1) is 3.57 Å². The highest BCUT2D eigenvalue weighted by atomic mass is 127. The van der Waals surface area contributed by atoms with Crippen molar-refractivity contribution >= 4 is 74.4 Å². The van der Waals surface area contributed by atoms with Gasteiger partial charge in [0.05, 0.1) is 22.9 Å². The molecule has 0 unspecified atom stereocenters. The third kappa shape index (κ3) is 7.28. The van der Waals surface area contributed by atoms with E-state index in [0.29, 0.717) is 28.2 Å². The molecular weight excluding hydrogens is 624 g/mol. The number of ether oxygens (including phenoxy) is 2. The summed E-state index contributed by atoms with van der Waals surface area (Å²) < 4.78 is 12.7. The normalized spacial score (nSPS) is 11.0. The number of hydrogen-bond acceptors (Lipinski definition) is 5. The largest absolute Gasteiger partial charge is 0.490 e. The first kappa shape index (κ1) is 27.0. The fourth-order valence-corrected chi connectivity index (χ4v) is 4.87. The number of nitrogens with zero attached hydrogens (tertiary/aromatic N) is 1. The van der Waals surface area contributed by atoms with Crippen LogP contribution in [-0.4, -0.2) is 25.3 Å². The molecule has 0 fully saturated rings. The van der Waals surface area contributed by atoms with Gasteiger partial charge in [-0.3, -0.25) is 4.79 Å². The van der Waals surface area contributed by atoms with E-state index in [1.165, 1.54) is 0 Å². The first-order valence-corrected chi connectivity index (χ1v) is 13.3. The smallest absolute Gasteiger partial charge is 0.259 e. The summed E-state index contributed by atoms with van der Waals surface area (Å²) in [4.78, 5) is 12.3. The van der Waals surface area contributed by atoms with Gasteiger partial charge in [-0.15, -0.1) is 0 Å². The SMILES string of the molecule is CCOc1cc(/C=N\NC(=O)CNc2cccc3ccccc23)cc(I)c1OCc1ccc(Cl)cc1Cl. The van der Waals surface area contributed by atoms with Crippen molar-refractivity contribution in [1.82, 2.24) is 5.43 Å². The fraction of sp³-hybridized carbons (Fsp3) is 0.143. The van der Waals surface area contributed by atoms with Crippen LogP contribution in [0.15, 0.2) is 77.9 Å². The maximum absolute atomic E-state index is 12.3. The van der Waals surface area contributed by atoms with Crippen LogP contribution >= 0.6 is 45.8 Å². The minimum Gasteiger partial charge on any atom is -0.490 e. The van der Waals surface area contributed by atoms with Crippen molar-refractivity contribution in [3.05, 3.63) is 97.5 Å². The van der Waals surface area contributed by atoms with Crippen molar-refractivity contribution in [2.45, 2.75) is 13.5 Å². The van der Waals surface area contributed by atoms with E-state index in [-0.39, 0.29) is 19.1 Å². The highest BCUT2D eigenvalue weighted by molar-refractivity contribution is 14.1. The number of amides is 1. The molecule has 6 nitrogen and oxygen atoms in total. The fourth-order valence-electron chi connectivity index (χ4n) is 3.63. The lowest BCUT2D eigenvalue weighted by Crippen LogP contribution is -2.25. The van der Waals surface area contributed by atoms with Crippen LogP contribution in [0.3, 0.4) is 0 Å². The van der Waals surface area contributed by atoms with Crippen LogP contribution in [0.5, 0.6) is 11.5 Å². The van der Waals surface area contributed by atoms with Crippen molar-refractivity contribution in [1.29, 1.82) is 0 Å². The molecule has 2 N–H and O–H groups in total. The molecule has 0 saturated heterocycles. The van der Waals surface area contributed by atoms with Gasteiger partial charge < -0.3 is 14.8 Å². The summed E-state index contributed by atoms with van der Waals surface area (Å²) in [5, 5.41) is 10.5. The predicted octanol–water partition coefficient (Wildman–Crippen LogP) is 7.29. The number of carbonyl (C=O) groups excluding carboxylic acids is 1. The van der Waals surface area contributed by atoms with Gasteiger partial charge in [-0.25, -0.2) is 5.43 Å². The van der Waals surface area contributed by atoms with E-state index >= 15 is 0 Å². The molecule has 0 aromatic heterocycles. The molecule has 0 saturated carbocycles. The summed E-state index contributed by atoms with van der Waals surface area (Å²) in [6.07, 6.45) is 1.57. The maximum Gasteiger partial charge on any atom is 0.259 e. The van der Waals surface area contributed by atoms with Crippen LogP contribution < -0.4 is 20.2 Å². The molecule has 0 aliphatic rings. The third-order valence-corrected chi connectivity index (χ3v) is 6.74. The lowest BCUT2D eigenvalue weighted by Gasteiger charge is -2.15. The Morgan fingerprint density at radius 2 is 1.84 bits per heavy atom. The second kappa shape index (κ2) is 13.0. The molecule has 4 aromatic rings. The zero-order valence-electron chi connectivity index (χ0n) is 19.9. The Labute approximate surface area is 239 Å². The van der Waals surface area contributed by atoms with Gasteiger partial charge in [-0.2, -0.15) is 5.10 Å². The Kier molecular flexibility index (Phi) is 9.49. The Balaban J connectivity index is 1.38. The molecule has 0 aliphatic carbocycles. The zero-order chi connectivity index (χ0) is 26.2. The molecule has 37 heavy (non-hydrogen) atoms. The second-order valence-electron chi connectivity index (χ2n) is 7.96. The van der Waals surface area contributed by atoms with Crippen LogP contribution in [0.2, 0.25) is 10.0 Å². The summed E-state index contributed by atoms with van der Waals surface area (Å²) in [5.74, 6) is 0.919. The highest BCUT2D eigenvalue weighted by Gasteiger charge is 2.13. The number of hydrogen-bond donors (Lipinski definition) is 2. The molecule has 0 spiro atoms. The maximum atomic E-state index is 12.3. The van der Waals surface area contributed by atoms with Crippen LogP contribution in [0.1, 0.15) is 18.1 Å². The molecule has 0 radical (unpaired) electrons. The minimum absolute atomic E-state index is 0.0904. The summed E-state index contributed by atoms with van der Waals surface area (Å²) in [6.45, 7) is 2.72. The van der Waals surface area contributed by atoms with Crippen molar-refractivity contribution in [3.8, 4) is 11.5 Å². The number of halogens is 3. The Hall–Kier alpha value is -3.01. The third-order valence-electron chi connectivity index (χ3n) is 5.35. The lowest BCUT2D eigenvalue weighted by molar-refractivity contribution is -0.119. The number of carbonyl (C=O) groups is 1. The molecule has 190 valence electrons. The summed E-state index contributed by atoms with van der Waals surface area (Å²) >= 11 is 14.4. The van der Waals surface area contributed by atoms with E-state index in [2.05, 4.69) is 38.4 Å². The topological polar surface area (TPSA) is 72.0 Å². The van der Waals surface area contributed by atoms with Gasteiger partial charge in [0.1, 0.15) is 6.61 Å². The summed E-state index contributed by atoms with van der Waals surface area (Å²) in [6, 6.07) is 22.9. The monoisotopic (exact) mass is 647 g/mol. The summed E-state index contributed by atoms with van der Waals surface area (Å²) in [7, 11) is 0. The van der Waals surface area contributed by atoms with Gasteiger partial charge in [0.25, 0.3) is 5.91 Å². The van der Waals surface area contributed by atoms with E-state index < -0.39 is 0 Å². The van der Waals surface area contributed by atoms with Crippen molar-refractivity contribution in [2.24, 2.45) is 5.10 Å². The lowest BCUT2D eigenvalue weighted by atomic mass is 10.1. The van der Waals surface area contributed by atoms with Crippen LogP contribution in [-0.2, 0) is 11.4 Å². The van der Waals surface area contributed by atoms with E-state index in [1.54, 1.807) is 18.3 Å². The second-order valence-corrected chi connectivity index (χ2v) is 9.97. The standard InChI is InChI=1S/C28H24Cl2IN3O3/c1-2-36-26-13-18(12-24(31)28(26)37-17-20-10-11-21(29)14-23(20)30)15-33-34-27(35)16-32-25-9-5-7-19-6-3-4-8-22(19)25/h3-15,32H,2,16-17H2,1H3,(H,34,35)/b33-15-. The number of fused-ring (bicyclic) bond motifs is 1. The molecule has 9 heteroatoms. The average molecular weight is 648 g/mol. The Morgan fingerprint density at radius 1 is 1.03 bits per heavy atom. The van der Waals surface area contributed by atoms with Crippen molar-refractivity contribution < 1.29 is 14.3 Å². The van der Waals surface area contributed by atoms with E-state index in [4.69, 9.17) is 32.7 Å².